The van der Waals surface area contributed by atoms with Crippen molar-refractivity contribution in [3.63, 3.8) is 0 Å². The van der Waals surface area contributed by atoms with Gasteiger partial charge < -0.3 is 10.2 Å². The lowest BCUT2D eigenvalue weighted by Crippen LogP contribution is -2.42. The van der Waals surface area contributed by atoms with Crippen LogP contribution in [0.3, 0.4) is 0 Å². The van der Waals surface area contributed by atoms with Crippen LogP contribution >= 0.6 is 11.3 Å². The topological polar surface area (TPSA) is 58.9 Å². The highest BCUT2D eigenvalue weighted by atomic mass is 32.1. The smallest absolute Gasteiger partial charge is 0.162 e. The van der Waals surface area contributed by atoms with Crippen LogP contribution < -0.4 is 10.2 Å². The van der Waals surface area contributed by atoms with Crippen molar-refractivity contribution >= 4 is 33.7 Å². The van der Waals surface area contributed by atoms with E-state index in [1.807, 2.05) is 30.1 Å². The van der Waals surface area contributed by atoms with Gasteiger partial charge in [0.25, 0.3) is 0 Å². The van der Waals surface area contributed by atoms with Gasteiger partial charge in [0.05, 0.1) is 17.4 Å². The Morgan fingerprint density at radius 2 is 2.11 bits per heavy atom. The number of aromatic nitrogens is 4. The number of anilines is 2. The standard InChI is InChI=1S/C21H22N6S/c1-26-13-17(11-22-26)27-9-4-5-16(12-27)23-21-18-6-2-3-7-19(18)24-20(25-21)15-8-10-28-14-15/h2-3,6-8,10-11,13-14,16H,4-5,9,12H2,1H3,(H,23,24,25). The maximum absolute atomic E-state index is 4.89. The predicted molar refractivity (Wildman–Crippen MR) is 115 cm³/mol. The number of hydrogen-bond acceptors (Lipinski definition) is 6. The molecule has 1 aromatic carbocycles. The minimum absolute atomic E-state index is 0.336. The van der Waals surface area contributed by atoms with E-state index in [1.165, 1.54) is 5.69 Å². The lowest BCUT2D eigenvalue weighted by atomic mass is 10.0. The van der Waals surface area contributed by atoms with E-state index in [1.54, 1.807) is 11.3 Å². The molecule has 142 valence electrons. The Labute approximate surface area is 167 Å². The number of nitrogens with one attached hydrogen (secondary N) is 1. The summed E-state index contributed by atoms with van der Waals surface area (Å²) in [5.41, 5.74) is 3.22. The van der Waals surface area contributed by atoms with Gasteiger partial charge in [-0.25, -0.2) is 9.97 Å². The number of nitrogens with zero attached hydrogens (tertiary/aromatic N) is 5. The van der Waals surface area contributed by atoms with Gasteiger partial charge in [0.2, 0.25) is 0 Å². The lowest BCUT2D eigenvalue weighted by molar-refractivity contribution is 0.529. The van der Waals surface area contributed by atoms with Crippen molar-refractivity contribution in [2.45, 2.75) is 18.9 Å². The second kappa shape index (κ2) is 7.24. The van der Waals surface area contributed by atoms with Gasteiger partial charge in [-0.2, -0.15) is 16.4 Å². The number of rotatable bonds is 4. The van der Waals surface area contributed by atoms with Crippen molar-refractivity contribution in [2.24, 2.45) is 7.05 Å². The number of piperidine rings is 1. The molecule has 3 aromatic heterocycles. The molecular weight excluding hydrogens is 368 g/mol. The summed E-state index contributed by atoms with van der Waals surface area (Å²) in [5, 5.41) is 13.3. The van der Waals surface area contributed by atoms with E-state index < -0.39 is 0 Å². The molecule has 1 aliphatic heterocycles. The van der Waals surface area contributed by atoms with Gasteiger partial charge in [-0.3, -0.25) is 4.68 Å². The van der Waals surface area contributed by atoms with Crippen molar-refractivity contribution in [1.82, 2.24) is 19.7 Å². The van der Waals surface area contributed by atoms with Crippen LogP contribution in [0.15, 0.2) is 53.5 Å². The SMILES string of the molecule is Cn1cc(N2CCCC(Nc3nc(-c4ccsc4)nc4ccccc34)C2)cn1. The molecule has 1 fully saturated rings. The molecule has 1 atom stereocenters. The third-order valence-corrected chi connectivity index (χ3v) is 5.88. The zero-order chi connectivity index (χ0) is 18.9. The van der Waals surface area contributed by atoms with Crippen molar-refractivity contribution in [3.8, 4) is 11.4 Å². The summed E-state index contributed by atoms with van der Waals surface area (Å²) < 4.78 is 1.86. The van der Waals surface area contributed by atoms with E-state index in [-0.39, 0.29) is 0 Å². The van der Waals surface area contributed by atoms with Gasteiger partial charge in [0.1, 0.15) is 5.82 Å². The Hall–Kier alpha value is -2.93. The van der Waals surface area contributed by atoms with Crippen molar-refractivity contribution in [1.29, 1.82) is 0 Å². The quantitative estimate of drug-likeness (QED) is 0.567. The first-order chi connectivity index (χ1) is 13.8. The molecule has 4 heterocycles. The summed E-state index contributed by atoms with van der Waals surface area (Å²) >= 11 is 1.67. The number of benzene rings is 1. The van der Waals surface area contributed by atoms with E-state index in [0.717, 1.165) is 54.0 Å². The van der Waals surface area contributed by atoms with Crippen molar-refractivity contribution in [3.05, 3.63) is 53.5 Å². The third-order valence-electron chi connectivity index (χ3n) is 5.20. The lowest BCUT2D eigenvalue weighted by Gasteiger charge is -2.34. The molecule has 0 saturated carbocycles. The van der Waals surface area contributed by atoms with Crippen molar-refractivity contribution in [2.75, 3.05) is 23.3 Å². The molecule has 7 heteroatoms. The molecule has 1 N–H and O–H groups in total. The minimum atomic E-state index is 0.336. The van der Waals surface area contributed by atoms with E-state index in [0.29, 0.717) is 6.04 Å². The highest BCUT2D eigenvalue weighted by molar-refractivity contribution is 7.08. The molecule has 4 aromatic rings. The Kier molecular flexibility index (Phi) is 4.44. The van der Waals surface area contributed by atoms with Gasteiger partial charge in [-0.1, -0.05) is 12.1 Å². The highest BCUT2D eigenvalue weighted by Crippen LogP contribution is 2.28. The first-order valence-corrected chi connectivity index (χ1v) is 10.5. The van der Waals surface area contributed by atoms with Crippen LogP contribution in [0.1, 0.15) is 12.8 Å². The number of thiophene rings is 1. The van der Waals surface area contributed by atoms with Gasteiger partial charge >= 0.3 is 0 Å². The summed E-state index contributed by atoms with van der Waals surface area (Å²) in [5.74, 6) is 1.70. The molecular formula is C21H22N6S. The van der Waals surface area contributed by atoms with E-state index in [9.17, 15) is 0 Å². The zero-order valence-corrected chi connectivity index (χ0v) is 16.6. The van der Waals surface area contributed by atoms with E-state index in [2.05, 4.69) is 50.5 Å². The fourth-order valence-electron chi connectivity index (χ4n) is 3.80. The number of aryl methyl sites for hydroxylation is 1. The number of para-hydroxylation sites is 1. The molecule has 0 amide bonds. The van der Waals surface area contributed by atoms with Crippen LogP contribution in [0.2, 0.25) is 0 Å². The van der Waals surface area contributed by atoms with Crippen LogP contribution in [-0.2, 0) is 7.05 Å². The largest absolute Gasteiger partial charge is 0.367 e. The second-order valence-electron chi connectivity index (χ2n) is 7.23. The van der Waals surface area contributed by atoms with Gasteiger partial charge in [-0.05, 0) is 36.4 Å². The molecule has 0 radical (unpaired) electrons. The fraction of sp³-hybridized carbons (Fsp3) is 0.286. The maximum atomic E-state index is 4.89. The first kappa shape index (κ1) is 17.2. The molecule has 0 aliphatic carbocycles. The van der Waals surface area contributed by atoms with Crippen LogP contribution in [0.4, 0.5) is 11.5 Å². The van der Waals surface area contributed by atoms with E-state index >= 15 is 0 Å². The molecule has 1 unspecified atom stereocenters. The average Bonchev–Trinajstić information content (AvgIpc) is 3.40. The molecule has 5 rings (SSSR count). The third kappa shape index (κ3) is 3.33. The summed E-state index contributed by atoms with van der Waals surface area (Å²) in [4.78, 5) is 12.1. The predicted octanol–water partition coefficient (Wildman–Crippen LogP) is 4.17. The van der Waals surface area contributed by atoms with Crippen molar-refractivity contribution < 1.29 is 0 Å². The van der Waals surface area contributed by atoms with Crippen LogP contribution in [0.5, 0.6) is 0 Å². The maximum Gasteiger partial charge on any atom is 0.162 e. The molecule has 0 spiro atoms. The summed E-state index contributed by atoms with van der Waals surface area (Å²) in [6.07, 6.45) is 6.30. The average molecular weight is 391 g/mol. The highest BCUT2D eigenvalue weighted by Gasteiger charge is 2.22. The fourth-order valence-corrected chi connectivity index (χ4v) is 4.44. The summed E-state index contributed by atoms with van der Waals surface area (Å²) in [7, 11) is 1.96. The number of fused-ring (bicyclic) bond motifs is 1. The first-order valence-electron chi connectivity index (χ1n) is 9.56. The molecule has 28 heavy (non-hydrogen) atoms. The summed E-state index contributed by atoms with van der Waals surface area (Å²) in [6.45, 7) is 2.01. The Morgan fingerprint density at radius 3 is 2.93 bits per heavy atom. The van der Waals surface area contributed by atoms with Crippen LogP contribution in [0.25, 0.3) is 22.3 Å². The van der Waals surface area contributed by atoms with Gasteiger partial charge in [0, 0.05) is 48.7 Å². The Bertz CT molecular complexity index is 1090. The molecule has 1 aliphatic rings. The zero-order valence-electron chi connectivity index (χ0n) is 15.7. The van der Waals surface area contributed by atoms with E-state index in [4.69, 9.17) is 9.97 Å². The summed E-state index contributed by atoms with van der Waals surface area (Å²) in [6, 6.07) is 10.6. The van der Waals surface area contributed by atoms with Gasteiger partial charge in [0.15, 0.2) is 5.82 Å². The Morgan fingerprint density at radius 1 is 1.18 bits per heavy atom. The molecule has 0 bridgehead atoms. The second-order valence-corrected chi connectivity index (χ2v) is 8.01. The molecule has 1 saturated heterocycles. The van der Waals surface area contributed by atoms with Gasteiger partial charge in [-0.15, -0.1) is 0 Å². The normalized spacial score (nSPS) is 17.2. The number of hydrogen-bond donors (Lipinski definition) is 1. The monoisotopic (exact) mass is 390 g/mol. The van der Waals surface area contributed by atoms with Crippen LogP contribution in [0, 0.1) is 0 Å². The molecule has 6 nitrogen and oxygen atoms in total. The Balaban J connectivity index is 1.45. The van der Waals surface area contributed by atoms with Crippen LogP contribution in [-0.4, -0.2) is 38.9 Å². The minimum Gasteiger partial charge on any atom is -0.367 e.